The van der Waals surface area contributed by atoms with Crippen molar-refractivity contribution in [2.24, 2.45) is 16.9 Å². The molecule has 3 rings (SSSR count). The van der Waals surface area contributed by atoms with Crippen LogP contribution in [0.15, 0.2) is 53.6 Å². The summed E-state index contributed by atoms with van der Waals surface area (Å²) in [7, 11) is 0. The molecule has 0 spiro atoms. The Morgan fingerprint density at radius 2 is 1.81 bits per heavy atom. The van der Waals surface area contributed by atoms with Crippen LogP contribution in [0, 0.1) is 5.92 Å². The van der Waals surface area contributed by atoms with Crippen molar-refractivity contribution in [3.8, 4) is 11.5 Å². The van der Waals surface area contributed by atoms with Gasteiger partial charge < -0.3 is 20.2 Å². The number of hydrazone groups is 1. The highest BCUT2D eigenvalue weighted by Gasteiger charge is 2.18. The number of hydrogen-bond donors (Lipinski definition) is 1. The van der Waals surface area contributed by atoms with Crippen LogP contribution in [-0.2, 0) is 6.61 Å². The summed E-state index contributed by atoms with van der Waals surface area (Å²) in [5.41, 5.74) is 0.966. The van der Waals surface area contributed by atoms with E-state index in [1.807, 2.05) is 48.5 Å². The quantitative estimate of drug-likeness (QED) is 0.346. The Morgan fingerprint density at radius 1 is 1.08 bits per heavy atom. The van der Waals surface area contributed by atoms with Gasteiger partial charge >= 0.3 is 0 Å². The van der Waals surface area contributed by atoms with Crippen LogP contribution < -0.4 is 15.3 Å². The summed E-state index contributed by atoms with van der Waals surface area (Å²) >= 11 is 6.16. The van der Waals surface area contributed by atoms with Crippen LogP contribution in [-0.4, -0.2) is 30.9 Å². The van der Waals surface area contributed by atoms with Crippen molar-refractivity contribution in [2.45, 2.75) is 19.4 Å². The molecule has 0 atom stereocenters. The van der Waals surface area contributed by atoms with E-state index in [2.05, 4.69) is 10.0 Å². The summed E-state index contributed by atoms with van der Waals surface area (Å²) in [5.74, 6) is 7.34. The van der Waals surface area contributed by atoms with E-state index in [1.54, 1.807) is 6.34 Å². The highest BCUT2D eigenvalue weighted by Crippen LogP contribution is 2.24. The molecule has 0 aliphatic carbocycles. The summed E-state index contributed by atoms with van der Waals surface area (Å²) in [4.78, 5) is 2.14. The predicted octanol–water partition coefficient (Wildman–Crippen LogP) is 3.91. The second-order valence-corrected chi connectivity index (χ2v) is 6.82. The van der Waals surface area contributed by atoms with Crippen molar-refractivity contribution in [3.05, 3.63) is 59.1 Å². The Kier molecular flexibility index (Phi) is 6.61. The summed E-state index contributed by atoms with van der Waals surface area (Å²) in [6, 6.07) is 15.4. The van der Waals surface area contributed by atoms with E-state index < -0.39 is 0 Å². The van der Waals surface area contributed by atoms with Crippen LogP contribution >= 0.6 is 11.6 Å². The summed E-state index contributed by atoms with van der Waals surface area (Å²) in [6.45, 7) is 3.08. The molecule has 138 valence electrons. The van der Waals surface area contributed by atoms with Gasteiger partial charge in [0.05, 0.1) is 6.61 Å². The van der Waals surface area contributed by atoms with Gasteiger partial charge in [-0.15, -0.1) is 0 Å². The molecule has 0 saturated carbocycles. The summed E-state index contributed by atoms with van der Waals surface area (Å²) in [5, 5.41) is 4.29. The van der Waals surface area contributed by atoms with Crippen LogP contribution in [0.2, 0.25) is 5.02 Å². The Balaban J connectivity index is 1.48. The van der Waals surface area contributed by atoms with Crippen molar-refractivity contribution >= 4 is 17.9 Å². The monoisotopic (exact) mass is 373 g/mol. The van der Waals surface area contributed by atoms with Gasteiger partial charge in [-0.2, -0.15) is 5.10 Å². The van der Waals surface area contributed by atoms with Gasteiger partial charge in [-0.3, -0.25) is 0 Å². The zero-order valence-corrected chi connectivity index (χ0v) is 15.4. The Morgan fingerprint density at radius 3 is 2.54 bits per heavy atom. The molecule has 26 heavy (non-hydrogen) atoms. The lowest BCUT2D eigenvalue weighted by atomic mass is 9.98. The Hall–Kier alpha value is -2.40. The first-order valence-corrected chi connectivity index (χ1v) is 9.19. The zero-order valence-electron chi connectivity index (χ0n) is 14.7. The lowest BCUT2D eigenvalue weighted by Gasteiger charge is -2.30. The molecule has 0 unspecified atom stereocenters. The number of ether oxygens (including phenoxy) is 2. The minimum absolute atomic E-state index is 0.435. The standard InChI is InChI=1S/C20H24ClN3O2/c21-20-7-2-1-4-17(20)14-26-19-6-3-5-18(12-19)25-13-16-8-10-24(11-9-16)15-23-22/h1-7,12,15-16H,8-11,13-14,22H2. The molecule has 1 fully saturated rings. The average molecular weight is 374 g/mol. The molecular formula is C20H24ClN3O2. The number of rotatable bonds is 7. The van der Waals surface area contributed by atoms with E-state index in [9.17, 15) is 0 Å². The van der Waals surface area contributed by atoms with Gasteiger partial charge in [0.2, 0.25) is 0 Å². The maximum absolute atomic E-state index is 6.16. The molecule has 0 bridgehead atoms. The SMILES string of the molecule is NN=CN1CCC(COc2cccc(OCc3ccccc3Cl)c2)CC1. The van der Waals surface area contributed by atoms with Gasteiger partial charge in [0.15, 0.2) is 0 Å². The van der Waals surface area contributed by atoms with E-state index >= 15 is 0 Å². The maximum atomic E-state index is 6.16. The number of nitrogens with zero attached hydrogens (tertiary/aromatic N) is 2. The van der Waals surface area contributed by atoms with Gasteiger partial charge in [0.1, 0.15) is 24.4 Å². The summed E-state index contributed by atoms with van der Waals surface area (Å²) in [6.07, 6.45) is 3.86. The van der Waals surface area contributed by atoms with E-state index in [0.29, 0.717) is 24.2 Å². The largest absolute Gasteiger partial charge is 0.493 e. The fraction of sp³-hybridized carbons (Fsp3) is 0.350. The molecule has 0 amide bonds. The van der Waals surface area contributed by atoms with E-state index in [-0.39, 0.29) is 0 Å². The van der Waals surface area contributed by atoms with E-state index in [1.165, 1.54) is 0 Å². The van der Waals surface area contributed by atoms with E-state index in [0.717, 1.165) is 43.0 Å². The number of piperidine rings is 1. The number of hydrogen-bond acceptors (Lipinski definition) is 4. The summed E-state index contributed by atoms with van der Waals surface area (Å²) < 4.78 is 11.8. The molecule has 1 heterocycles. The number of likely N-dealkylation sites (tertiary alicyclic amines) is 1. The fourth-order valence-corrected chi connectivity index (χ4v) is 3.16. The van der Waals surface area contributed by atoms with Crippen molar-refractivity contribution in [3.63, 3.8) is 0 Å². The van der Waals surface area contributed by atoms with Crippen LogP contribution in [0.3, 0.4) is 0 Å². The second-order valence-electron chi connectivity index (χ2n) is 6.41. The van der Waals surface area contributed by atoms with Crippen LogP contribution in [0.1, 0.15) is 18.4 Å². The van der Waals surface area contributed by atoms with E-state index in [4.69, 9.17) is 26.9 Å². The number of halogens is 1. The minimum atomic E-state index is 0.435. The first kappa shape index (κ1) is 18.4. The van der Waals surface area contributed by atoms with Gasteiger partial charge in [-0.25, -0.2) is 0 Å². The molecule has 5 nitrogen and oxygen atoms in total. The molecule has 1 aliphatic heterocycles. The van der Waals surface area contributed by atoms with Gasteiger partial charge in [-0.05, 0) is 37.0 Å². The average Bonchev–Trinajstić information content (AvgIpc) is 2.67. The second kappa shape index (κ2) is 9.34. The number of benzene rings is 2. The molecule has 2 aromatic carbocycles. The van der Waals surface area contributed by atoms with Crippen molar-refractivity contribution in [2.75, 3.05) is 19.7 Å². The van der Waals surface area contributed by atoms with Crippen LogP contribution in [0.4, 0.5) is 0 Å². The van der Waals surface area contributed by atoms with Gasteiger partial charge in [-0.1, -0.05) is 35.9 Å². The highest BCUT2D eigenvalue weighted by molar-refractivity contribution is 6.31. The predicted molar refractivity (Wildman–Crippen MR) is 105 cm³/mol. The van der Waals surface area contributed by atoms with Crippen molar-refractivity contribution < 1.29 is 9.47 Å². The van der Waals surface area contributed by atoms with Crippen LogP contribution in [0.25, 0.3) is 0 Å². The maximum Gasteiger partial charge on any atom is 0.123 e. The minimum Gasteiger partial charge on any atom is -0.493 e. The van der Waals surface area contributed by atoms with Crippen molar-refractivity contribution in [1.82, 2.24) is 4.90 Å². The normalized spacial score (nSPS) is 15.3. The molecule has 2 N–H and O–H groups in total. The Labute approximate surface area is 159 Å². The molecular weight excluding hydrogens is 350 g/mol. The zero-order chi connectivity index (χ0) is 18.2. The highest BCUT2D eigenvalue weighted by atomic mass is 35.5. The molecule has 2 aromatic rings. The number of nitrogens with two attached hydrogens (primary N) is 1. The lowest BCUT2D eigenvalue weighted by molar-refractivity contribution is 0.182. The molecule has 0 radical (unpaired) electrons. The topological polar surface area (TPSA) is 60.1 Å². The van der Waals surface area contributed by atoms with Gasteiger partial charge in [0, 0.05) is 29.7 Å². The third-order valence-corrected chi connectivity index (χ3v) is 4.89. The molecule has 6 heteroatoms. The third kappa shape index (κ3) is 5.30. The Bertz CT molecular complexity index is 731. The van der Waals surface area contributed by atoms with Gasteiger partial charge in [0.25, 0.3) is 0 Å². The first-order valence-electron chi connectivity index (χ1n) is 8.81. The lowest BCUT2D eigenvalue weighted by Crippen LogP contribution is -2.34. The first-order chi connectivity index (χ1) is 12.7. The van der Waals surface area contributed by atoms with Crippen molar-refractivity contribution in [1.29, 1.82) is 0 Å². The fourth-order valence-electron chi connectivity index (χ4n) is 2.97. The van der Waals surface area contributed by atoms with Crippen LogP contribution in [0.5, 0.6) is 11.5 Å². The molecule has 0 aromatic heterocycles. The molecule has 1 saturated heterocycles. The molecule has 1 aliphatic rings. The third-order valence-electron chi connectivity index (χ3n) is 4.52. The smallest absolute Gasteiger partial charge is 0.123 e.